The smallest absolute Gasteiger partial charge is 0.179 e. The van der Waals surface area contributed by atoms with Crippen LogP contribution in [0.5, 0.6) is 0 Å². The maximum absolute atomic E-state index is 10.0. The summed E-state index contributed by atoms with van der Waals surface area (Å²) in [6.07, 6.45) is -0.0250. The summed E-state index contributed by atoms with van der Waals surface area (Å²) in [5.41, 5.74) is 2.38. The van der Waals surface area contributed by atoms with E-state index in [0.717, 1.165) is 4.88 Å². The number of aryl methyl sites for hydroxylation is 1. The molecule has 2 heterocycles. The van der Waals surface area contributed by atoms with Crippen LogP contribution in [0.25, 0.3) is 0 Å². The van der Waals surface area contributed by atoms with Crippen molar-refractivity contribution in [2.75, 3.05) is 6.61 Å². The number of aliphatic hydroxyl groups excluding tert-OH is 1. The van der Waals surface area contributed by atoms with Gasteiger partial charge in [0.25, 0.3) is 0 Å². The summed E-state index contributed by atoms with van der Waals surface area (Å²) >= 11 is 1.64. The fraction of sp³-hybridized carbons (Fsp3) is 0.353. The molecule has 7 heteroatoms. The molecule has 0 saturated heterocycles. The van der Waals surface area contributed by atoms with Crippen LogP contribution in [0.4, 0.5) is 0 Å². The van der Waals surface area contributed by atoms with Gasteiger partial charge in [0.2, 0.25) is 0 Å². The quantitative estimate of drug-likeness (QED) is 0.678. The average Bonchev–Trinajstić information content (AvgIpc) is 3.22. The van der Waals surface area contributed by atoms with Gasteiger partial charge in [-0.3, -0.25) is 0 Å². The molecule has 3 rings (SSSR count). The van der Waals surface area contributed by atoms with Gasteiger partial charge < -0.3 is 9.84 Å². The summed E-state index contributed by atoms with van der Waals surface area (Å²) < 4.78 is 5.50. The predicted octanol–water partition coefficient (Wildman–Crippen LogP) is 2.21. The van der Waals surface area contributed by atoms with Crippen molar-refractivity contribution in [1.29, 1.82) is 0 Å². The Morgan fingerprint density at radius 1 is 1.25 bits per heavy atom. The Balaban J connectivity index is 1.47. The van der Waals surface area contributed by atoms with E-state index in [1.807, 2.05) is 29.6 Å². The highest BCUT2D eigenvalue weighted by Crippen LogP contribution is 2.11. The highest BCUT2D eigenvalue weighted by molar-refractivity contribution is 7.09. The Bertz CT molecular complexity index is 758. The lowest BCUT2D eigenvalue weighted by Gasteiger charge is -2.09. The van der Waals surface area contributed by atoms with Gasteiger partial charge in [-0.25, -0.2) is 0 Å². The van der Waals surface area contributed by atoms with E-state index in [2.05, 4.69) is 34.5 Å². The van der Waals surface area contributed by atoms with E-state index >= 15 is 0 Å². The van der Waals surface area contributed by atoms with Crippen LogP contribution < -0.4 is 0 Å². The zero-order valence-electron chi connectivity index (χ0n) is 13.5. The van der Waals surface area contributed by atoms with Crippen molar-refractivity contribution in [3.8, 4) is 0 Å². The van der Waals surface area contributed by atoms with Gasteiger partial charge in [0.1, 0.15) is 0 Å². The molecule has 1 aromatic carbocycles. The first-order valence-electron chi connectivity index (χ1n) is 7.80. The Morgan fingerprint density at radius 2 is 2.12 bits per heavy atom. The van der Waals surface area contributed by atoms with Crippen LogP contribution in [0.3, 0.4) is 0 Å². The summed E-state index contributed by atoms with van der Waals surface area (Å²) in [5, 5.41) is 24.4. The van der Waals surface area contributed by atoms with Crippen LogP contribution in [0.2, 0.25) is 0 Å². The van der Waals surface area contributed by atoms with Crippen LogP contribution >= 0.6 is 11.3 Å². The molecule has 2 aromatic heterocycles. The number of aromatic nitrogens is 4. The van der Waals surface area contributed by atoms with Crippen molar-refractivity contribution < 1.29 is 9.84 Å². The lowest BCUT2D eigenvalue weighted by molar-refractivity contribution is 0.0173. The van der Waals surface area contributed by atoms with Crippen molar-refractivity contribution >= 4 is 11.3 Å². The molecule has 1 atom stereocenters. The lowest BCUT2D eigenvalue weighted by atomic mass is 10.1. The van der Waals surface area contributed by atoms with E-state index in [9.17, 15) is 5.11 Å². The lowest BCUT2D eigenvalue weighted by Crippen LogP contribution is -2.23. The summed E-state index contributed by atoms with van der Waals surface area (Å²) in [7, 11) is 0. The Labute approximate surface area is 144 Å². The molecule has 0 saturated carbocycles. The van der Waals surface area contributed by atoms with Crippen LogP contribution in [0.15, 0.2) is 41.8 Å². The van der Waals surface area contributed by atoms with E-state index in [4.69, 9.17) is 4.74 Å². The van der Waals surface area contributed by atoms with E-state index in [0.29, 0.717) is 18.9 Å². The number of ether oxygens (including phenoxy) is 1. The molecule has 0 aliphatic rings. The van der Waals surface area contributed by atoms with E-state index < -0.39 is 6.10 Å². The number of aliphatic hydroxyl groups is 1. The van der Waals surface area contributed by atoms with Crippen LogP contribution in [-0.4, -0.2) is 38.0 Å². The van der Waals surface area contributed by atoms with Crippen molar-refractivity contribution in [2.45, 2.75) is 32.6 Å². The second-order valence-electron chi connectivity index (χ2n) is 5.61. The number of hydrogen-bond donors (Lipinski definition) is 1. The third-order valence-corrected chi connectivity index (χ3v) is 4.46. The summed E-state index contributed by atoms with van der Waals surface area (Å²) in [4.78, 5) is 2.56. The van der Waals surface area contributed by atoms with E-state index in [-0.39, 0.29) is 13.2 Å². The number of tetrazole rings is 1. The van der Waals surface area contributed by atoms with Gasteiger partial charge in [0.15, 0.2) is 5.82 Å². The summed E-state index contributed by atoms with van der Waals surface area (Å²) in [5.74, 6) is 0.649. The van der Waals surface area contributed by atoms with E-state index in [1.165, 1.54) is 15.9 Å². The molecule has 1 N–H and O–H groups in total. The standard InChI is InChI=1S/C17H20N4O2S/c1-13-5-2-3-6-14(13)9-17-18-20-21(19-17)10-15(22)11-23-12-16-7-4-8-24-16/h2-8,15,22H,9-12H2,1H3. The minimum Gasteiger partial charge on any atom is -0.389 e. The fourth-order valence-electron chi connectivity index (χ4n) is 2.33. The van der Waals surface area contributed by atoms with Gasteiger partial charge in [-0.1, -0.05) is 30.3 Å². The number of hydrogen-bond acceptors (Lipinski definition) is 6. The summed E-state index contributed by atoms with van der Waals surface area (Å²) in [6, 6.07) is 12.1. The third kappa shape index (κ3) is 4.70. The molecule has 1 unspecified atom stereocenters. The molecule has 0 spiro atoms. The molecule has 126 valence electrons. The first-order valence-corrected chi connectivity index (χ1v) is 8.68. The Morgan fingerprint density at radius 3 is 2.92 bits per heavy atom. The normalized spacial score (nSPS) is 12.4. The molecule has 0 aliphatic heterocycles. The molecule has 0 radical (unpaired) electrons. The SMILES string of the molecule is Cc1ccccc1Cc1nnn(CC(O)COCc2cccs2)n1. The van der Waals surface area contributed by atoms with Crippen molar-refractivity contribution in [3.05, 3.63) is 63.6 Å². The number of thiophene rings is 1. The minimum absolute atomic E-state index is 0.243. The largest absolute Gasteiger partial charge is 0.389 e. The zero-order chi connectivity index (χ0) is 16.8. The third-order valence-electron chi connectivity index (χ3n) is 3.61. The number of benzene rings is 1. The maximum Gasteiger partial charge on any atom is 0.179 e. The molecule has 6 nitrogen and oxygen atoms in total. The first kappa shape index (κ1) is 16.8. The minimum atomic E-state index is -0.662. The number of nitrogens with zero attached hydrogens (tertiary/aromatic N) is 4. The first-order chi connectivity index (χ1) is 11.7. The Hall–Kier alpha value is -2.09. The van der Waals surface area contributed by atoms with E-state index in [1.54, 1.807) is 11.3 Å². The van der Waals surface area contributed by atoms with Crippen molar-refractivity contribution in [1.82, 2.24) is 20.2 Å². The highest BCUT2D eigenvalue weighted by atomic mass is 32.1. The second-order valence-corrected chi connectivity index (χ2v) is 6.64. The van der Waals surface area contributed by atoms with Gasteiger partial charge in [-0.2, -0.15) is 4.80 Å². The van der Waals surface area contributed by atoms with Crippen molar-refractivity contribution in [2.24, 2.45) is 0 Å². The van der Waals surface area contributed by atoms with Gasteiger partial charge >= 0.3 is 0 Å². The molecule has 3 aromatic rings. The second kappa shape index (κ2) is 8.14. The zero-order valence-corrected chi connectivity index (χ0v) is 14.3. The average molecular weight is 344 g/mol. The van der Waals surface area contributed by atoms with Gasteiger partial charge in [0, 0.05) is 11.3 Å². The number of rotatable bonds is 8. The molecule has 0 fully saturated rings. The maximum atomic E-state index is 10.0. The predicted molar refractivity (Wildman–Crippen MR) is 91.8 cm³/mol. The van der Waals surface area contributed by atoms with Crippen molar-refractivity contribution in [3.63, 3.8) is 0 Å². The van der Waals surface area contributed by atoms with Crippen LogP contribution in [-0.2, 0) is 24.3 Å². The summed E-state index contributed by atoms with van der Waals surface area (Å²) in [6.45, 7) is 3.09. The molecule has 24 heavy (non-hydrogen) atoms. The molecule has 0 aliphatic carbocycles. The van der Waals surface area contributed by atoms with Gasteiger partial charge in [0.05, 0.1) is 25.9 Å². The molecule has 0 bridgehead atoms. The monoisotopic (exact) mass is 344 g/mol. The molecular weight excluding hydrogens is 324 g/mol. The highest BCUT2D eigenvalue weighted by Gasteiger charge is 2.10. The Kier molecular flexibility index (Phi) is 5.68. The van der Waals surface area contributed by atoms with Crippen LogP contribution in [0.1, 0.15) is 21.8 Å². The topological polar surface area (TPSA) is 73.1 Å². The van der Waals surface area contributed by atoms with Gasteiger partial charge in [-0.15, -0.1) is 21.5 Å². The van der Waals surface area contributed by atoms with Gasteiger partial charge in [-0.05, 0) is 34.7 Å². The molecular formula is C17H20N4O2S. The fourth-order valence-corrected chi connectivity index (χ4v) is 2.98. The van der Waals surface area contributed by atoms with Crippen LogP contribution in [0, 0.1) is 6.92 Å². The molecule has 0 amide bonds.